The highest BCUT2D eigenvalue weighted by molar-refractivity contribution is 7.80. The van der Waals surface area contributed by atoms with Crippen LogP contribution in [-0.4, -0.2) is 37.2 Å². The zero-order chi connectivity index (χ0) is 16.5. The van der Waals surface area contributed by atoms with Gasteiger partial charge in [0.1, 0.15) is 0 Å². The highest BCUT2D eigenvalue weighted by atomic mass is 32.1. The number of hydrogen-bond acceptors (Lipinski definition) is 2. The van der Waals surface area contributed by atoms with Gasteiger partial charge in [0.05, 0.1) is 6.04 Å². The molecule has 2 aromatic carbocycles. The van der Waals surface area contributed by atoms with Crippen LogP contribution in [-0.2, 0) is 6.42 Å². The largest absolute Gasteiger partial charge is 0.362 e. The van der Waals surface area contributed by atoms with E-state index in [9.17, 15) is 0 Å². The maximum absolute atomic E-state index is 5.38. The first-order chi connectivity index (χ1) is 11.2. The SMILES string of the molecule is CN(C)[C@@H](CNC(=S)NCCc1ccccc1)c1ccccc1. The van der Waals surface area contributed by atoms with Crippen molar-refractivity contribution >= 4 is 17.3 Å². The van der Waals surface area contributed by atoms with Crippen molar-refractivity contribution in [2.45, 2.75) is 12.5 Å². The van der Waals surface area contributed by atoms with Gasteiger partial charge in [0, 0.05) is 13.1 Å². The van der Waals surface area contributed by atoms with Crippen LogP contribution in [0, 0.1) is 0 Å². The molecule has 4 heteroatoms. The zero-order valence-electron chi connectivity index (χ0n) is 13.8. The second-order valence-corrected chi connectivity index (χ2v) is 6.17. The summed E-state index contributed by atoms with van der Waals surface area (Å²) < 4.78 is 0. The Balaban J connectivity index is 1.76. The van der Waals surface area contributed by atoms with Gasteiger partial charge in [-0.3, -0.25) is 0 Å². The molecule has 2 aromatic rings. The molecule has 0 amide bonds. The van der Waals surface area contributed by atoms with Crippen molar-refractivity contribution in [2.24, 2.45) is 0 Å². The van der Waals surface area contributed by atoms with Crippen LogP contribution in [0.3, 0.4) is 0 Å². The van der Waals surface area contributed by atoms with Gasteiger partial charge < -0.3 is 15.5 Å². The lowest BCUT2D eigenvalue weighted by molar-refractivity contribution is 0.298. The lowest BCUT2D eigenvalue weighted by atomic mass is 10.1. The molecule has 23 heavy (non-hydrogen) atoms. The van der Waals surface area contributed by atoms with E-state index >= 15 is 0 Å². The smallest absolute Gasteiger partial charge is 0.166 e. The number of nitrogens with one attached hydrogen (secondary N) is 2. The van der Waals surface area contributed by atoms with E-state index in [1.165, 1.54) is 11.1 Å². The molecule has 122 valence electrons. The predicted octanol–water partition coefficient (Wildman–Crippen LogP) is 3.00. The van der Waals surface area contributed by atoms with Gasteiger partial charge in [0.2, 0.25) is 0 Å². The second-order valence-electron chi connectivity index (χ2n) is 5.76. The van der Waals surface area contributed by atoms with Gasteiger partial charge in [-0.1, -0.05) is 60.7 Å². The fraction of sp³-hybridized carbons (Fsp3) is 0.316. The van der Waals surface area contributed by atoms with Gasteiger partial charge >= 0.3 is 0 Å². The van der Waals surface area contributed by atoms with Crippen molar-refractivity contribution in [2.75, 3.05) is 27.2 Å². The summed E-state index contributed by atoms with van der Waals surface area (Å²) in [6.07, 6.45) is 0.971. The average Bonchev–Trinajstić information content (AvgIpc) is 2.57. The number of benzene rings is 2. The molecule has 0 aromatic heterocycles. The molecule has 1 atom stereocenters. The van der Waals surface area contributed by atoms with Crippen LogP contribution in [0.1, 0.15) is 17.2 Å². The third-order valence-electron chi connectivity index (χ3n) is 3.81. The molecule has 0 saturated heterocycles. The van der Waals surface area contributed by atoms with Crippen LogP contribution >= 0.6 is 12.2 Å². The fourth-order valence-electron chi connectivity index (χ4n) is 2.49. The summed E-state index contributed by atoms with van der Waals surface area (Å²) in [5, 5.41) is 7.32. The molecule has 0 bridgehead atoms. The second kappa shape index (κ2) is 9.28. The van der Waals surface area contributed by atoms with Gasteiger partial charge in [0.15, 0.2) is 5.11 Å². The summed E-state index contributed by atoms with van der Waals surface area (Å²) >= 11 is 5.38. The third kappa shape index (κ3) is 6.00. The van der Waals surface area contributed by atoms with E-state index in [4.69, 9.17) is 12.2 Å². The molecule has 0 fully saturated rings. The summed E-state index contributed by atoms with van der Waals surface area (Å²) in [5.74, 6) is 0. The van der Waals surface area contributed by atoms with E-state index in [0.717, 1.165) is 19.5 Å². The zero-order valence-corrected chi connectivity index (χ0v) is 14.6. The summed E-state index contributed by atoms with van der Waals surface area (Å²) in [5.41, 5.74) is 2.61. The first-order valence-electron chi connectivity index (χ1n) is 7.94. The Morgan fingerprint density at radius 2 is 1.57 bits per heavy atom. The fourth-order valence-corrected chi connectivity index (χ4v) is 2.68. The minimum atomic E-state index is 0.296. The molecular weight excluding hydrogens is 302 g/mol. The van der Waals surface area contributed by atoms with Gasteiger partial charge in [-0.25, -0.2) is 0 Å². The maximum atomic E-state index is 5.38. The van der Waals surface area contributed by atoms with Gasteiger partial charge in [0.25, 0.3) is 0 Å². The molecular formula is C19H25N3S. The van der Waals surface area contributed by atoms with E-state index in [1.807, 2.05) is 12.1 Å². The molecule has 0 radical (unpaired) electrons. The summed E-state index contributed by atoms with van der Waals surface area (Å²) in [6.45, 7) is 1.63. The Labute approximate surface area is 144 Å². The normalized spacial score (nSPS) is 12.0. The molecule has 0 unspecified atom stereocenters. The van der Waals surface area contributed by atoms with Crippen molar-refractivity contribution in [3.8, 4) is 0 Å². The predicted molar refractivity (Wildman–Crippen MR) is 102 cm³/mol. The Kier molecular flexibility index (Phi) is 7.04. The van der Waals surface area contributed by atoms with E-state index < -0.39 is 0 Å². The lowest BCUT2D eigenvalue weighted by Crippen LogP contribution is -2.41. The van der Waals surface area contributed by atoms with Gasteiger partial charge in [-0.15, -0.1) is 0 Å². The highest BCUT2D eigenvalue weighted by Gasteiger charge is 2.13. The lowest BCUT2D eigenvalue weighted by Gasteiger charge is -2.25. The minimum Gasteiger partial charge on any atom is -0.362 e. The van der Waals surface area contributed by atoms with Gasteiger partial charge in [-0.2, -0.15) is 0 Å². The van der Waals surface area contributed by atoms with E-state index in [-0.39, 0.29) is 0 Å². The quantitative estimate of drug-likeness (QED) is 0.765. The van der Waals surface area contributed by atoms with Crippen LogP contribution in [0.25, 0.3) is 0 Å². The van der Waals surface area contributed by atoms with Crippen molar-refractivity contribution in [1.29, 1.82) is 0 Å². The molecule has 0 spiro atoms. The van der Waals surface area contributed by atoms with Gasteiger partial charge in [-0.05, 0) is 43.9 Å². The molecule has 2 rings (SSSR count). The number of thiocarbonyl (C=S) groups is 1. The first kappa shape index (κ1) is 17.4. The van der Waals surface area contributed by atoms with Crippen LogP contribution in [0.4, 0.5) is 0 Å². The average molecular weight is 327 g/mol. The Morgan fingerprint density at radius 3 is 2.17 bits per heavy atom. The summed E-state index contributed by atoms with van der Waals surface area (Å²) in [7, 11) is 4.18. The molecule has 0 aliphatic heterocycles. The maximum Gasteiger partial charge on any atom is 0.166 e. The number of nitrogens with zero attached hydrogens (tertiary/aromatic N) is 1. The Hall–Kier alpha value is -1.91. The van der Waals surface area contributed by atoms with Crippen LogP contribution in [0.5, 0.6) is 0 Å². The van der Waals surface area contributed by atoms with Crippen molar-refractivity contribution in [3.63, 3.8) is 0 Å². The van der Waals surface area contributed by atoms with Crippen LogP contribution in [0.15, 0.2) is 60.7 Å². The van der Waals surface area contributed by atoms with Crippen LogP contribution < -0.4 is 10.6 Å². The monoisotopic (exact) mass is 327 g/mol. The van der Waals surface area contributed by atoms with E-state index in [2.05, 4.69) is 78.2 Å². The highest BCUT2D eigenvalue weighted by Crippen LogP contribution is 2.16. The standard InChI is InChI=1S/C19H25N3S/c1-22(2)18(17-11-7-4-8-12-17)15-21-19(23)20-14-13-16-9-5-3-6-10-16/h3-12,18H,13-15H2,1-2H3,(H2,20,21,23)/t18-/m0/s1. The van der Waals surface area contributed by atoms with Crippen LogP contribution in [0.2, 0.25) is 0 Å². The first-order valence-corrected chi connectivity index (χ1v) is 8.34. The third-order valence-corrected chi connectivity index (χ3v) is 4.09. The summed E-state index contributed by atoms with van der Waals surface area (Å²) in [6, 6.07) is 21.2. The van der Waals surface area contributed by atoms with Crippen molar-refractivity contribution < 1.29 is 0 Å². The molecule has 0 heterocycles. The topological polar surface area (TPSA) is 27.3 Å². The van der Waals surface area contributed by atoms with Crippen molar-refractivity contribution in [1.82, 2.24) is 15.5 Å². The van der Waals surface area contributed by atoms with E-state index in [0.29, 0.717) is 11.2 Å². The molecule has 0 aliphatic rings. The molecule has 0 aliphatic carbocycles. The Morgan fingerprint density at radius 1 is 0.957 bits per heavy atom. The van der Waals surface area contributed by atoms with Crippen molar-refractivity contribution in [3.05, 3.63) is 71.8 Å². The number of hydrogen-bond donors (Lipinski definition) is 2. The summed E-state index contributed by atoms with van der Waals surface area (Å²) in [4.78, 5) is 2.20. The molecule has 3 nitrogen and oxygen atoms in total. The van der Waals surface area contributed by atoms with E-state index in [1.54, 1.807) is 0 Å². The molecule has 0 saturated carbocycles. The number of likely N-dealkylation sites (N-methyl/N-ethyl adjacent to an activating group) is 1. The Bertz CT molecular complexity index is 584. The number of rotatable bonds is 7. The molecule has 2 N–H and O–H groups in total. The minimum absolute atomic E-state index is 0.296.